The highest BCUT2D eigenvalue weighted by Crippen LogP contribution is 2.44. The van der Waals surface area contributed by atoms with Gasteiger partial charge >= 0.3 is 5.97 Å². The Hall–Kier alpha value is -2.90. The normalized spacial score (nSPS) is 19.4. The number of fused-ring (bicyclic) bond motifs is 3. The molecule has 7 nitrogen and oxygen atoms in total. The molecule has 2 aromatic rings. The Bertz CT molecular complexity index is 1060. The van der Waals surface area contributed by atoms with Gasteiger partial charge in [-0.1, -0.05) is 13.8 Å². The van der Waals surface area contributed by atoms with Crippen LogP contribution in [0.25, 0.3) is 10.9 Å². The van der Waals surface area contributed by atoms with Crippen LogP contribution in [0.3, 0.4) is 0 Å². The minimum absolute atomic E-state index is 0.0326. The maximum absolute atomic E-state index is 15.0. The lowest BCUT2D eigenvalue weighted by molar-refractivity contribution is -0.118. The molecule has 1 aliphatic heterocycles. The third kappa shape index (κ3) is 2.50. The van der Waals surface area contributed by atoms with Crippen LogP contribution >= 0.6 is 0 Å². The minimum atomic E-state index is -1.35. The van der Waals surface area contributed by atoms with E-state index in [0.717, 1.165) is 18.9 Å². The first-order chi connectivity index (χ1) is 12.7. The molecular formula is C19H20FN3O4. The first-order valence-corrected chi connectivity index (χ1v) is 8.90. The topological polar surface area (TPSA) is 91.6 Å². The molecule has 142 valence electrons. The predicted molar refractivity (Wildman–Crippen MR) is 99.1 cm³/mol. The lowest BCUT2D eigenvalue weighted by atomic mass is 9.96. The molecule has 0 radical (unpaired) electrons. The molecule has 1 amide bonds. The van der Waals surface area contributed by atoms with Crippen molar-refractivity contribution in [2.75, 3.05) is 17.3 Å². The maximum Gasteiger partial charge on any atom is 0.341 e. The van der Waals surface area contributed by atoms with E-state index in [-0.39, 0.29) is 34.6 Å². The van der Waals surface area contributed by atoms with Crippen LogP contribution < -0.4 is 15.6 Å². The van der Waals surface area contributed by atoms with E-state index in [2.05, 4.69) is 5.32 Å². The van der Waals surface area contributed by atoms with Crippen molar-refractivity contribution in [1.29, 1.82) is 0 Å². The van der Waals surface area contributed by atoms with E-state index in [9.17, 15) is 23.9 Å². The number of aromatic carboxylic acids is 1. The molecule has 2 aliphatic rings. The molecule has 27 heavy (non-hydrogen) atoms. The number of likely N-dealkylation sites (N-methyl/N-ethyl adjacent to an activating group) is 1. The van der Waals surface area contributed by atoms with Gasteiger partial charge < -0.3 is 19.9 Å². The third-order valence-electron chi connectivity index (χ3n) is 5.33. The van der Waals surface area contributed by atoms with Gasteiger partial charge in [-0.2, -0.15) is 0 Å². The van der Waals surface area contributed by atoms with E-state index < -0.39 is 28.8 Å². The molecule has 0 bridgehead atoms. The molecule has 1 aromatic heterocycles. The molecule has 1 saturated carbocycles. The highest BCUT2D eigenvalue weighted by Gasteiger charge is 2.38. The van der Waals surface area contributed by atoms with Gasteiger partial charge in [0.05, 0.1) is 22.3 Å². The molecule has 2 N–H and O–H groups in total. The zero-order valence-electron chi connectivity index (χ0n) is 15.2. The number of anilines is 2. The monoisotopic (exact) mass is 373 g/mol. The van der Waals surface area contributed by atoms with Crippen LogP contribution in [0.2, 0.25) is 0 Å². The number of halogens is 1. The number of rotatable bonds is 3. The molecule has 4 rings (SSSR count). The summed E-state index contributed by atoms with van der Waals surface area (Å²) in [5, 5.41) is 12.1. The van der Waals surface area contributed by atoms with Gasteiger partial charge in [0.15, 0.2) is 0 Å². The van der Waals surface area contributed by atoms with Crippen LogP contribution in [0.4, 0.5) is 15.8 Å². The lowest BCUT2D eigenvalue weighted by Crippen LogP contribution is -2.49. The van der Waals surface area contributed by atoms with Crippen molar-refractivity contribution < 1.29 is 19.1 Å². The van der Waals surface area contributed by atoms with Crippen LogP contribution in [-0.2, 0) is 4.79 Å². The summed E-state index contributed by atoms with van der Waals surface area (Å²) in [7, 11) is 1.66. The molecule has 1 unspecified atom stereocenters. The Kier molecular flexibility index (Phi) is 3.76. The van der Waals surface area contributed by atoms with Gasteiger partial charge in [0.25, 0.3) is 0 Å². The number of amides is 1. The van der Waals surface area contributed by atoms with Crippen LogP contribution in [0.5, 0.6) is 0 Å². The quantitative estimate of drug-likeness (QED) is 0.863. The molecule has 1 fully saturated rings. The van der Waals surface area contributed by atoms with Gasteiger partial charge in [-0.3, -0.25) is 9.59 Å². The largest absolute Gasteiger partial charge is 0.477 e. The molecule has 8 heteroatoms. The van der Waals surface area contributed by atoms with Gasteiger partial charge in [0.1, 0.15) is 17.4 Å². The van der Waals surface area contributed by atoms with Crippen LogP contribution in [0.15, 0.2) is 17.1 Å². The van der Waals surface area contributed by atoms with E-state index in [1.807, 2.05) is 13.8 Å². The van der Waals surface area contributed by atoms with Crippen molar-refractivity contribution in [2.45, 2.75) is 38.8 Å². The summed E-state index contributed by atoms with van der Waals surface area (Å²) in [5.74, 6) is -2.33. The zero-order chi connectivity index (χ0) is 19.6. The smallest absolute Gasteiger partial charge is 0.341 e. The van der Waals surface area contributed by atoms with Crippen molar-refractivity contribution in [3.8, 4) is 0 Å². The van der Waals surface area contributed by atoms with Crippen molar-refractivity contribution in [1.82, 2.24) is 4.57 Å². The SMILES string of the molecule is CC(C)C1C(=O)Nc2c(c(F)cc3c(=O)c(C(=O)O)cn(C4CC4)c23)N1C. The second kappa shape index (κ2) is 5.80. The predicted octanol–water partition coefficient (Wildman–Crippen LogP) is 2.59. The average molecular weight is 373 g/mol. The number of hydrogen-bond acceptors (Lipinski definition) is 4. The molecular weight excluding hydrogens is 353 g/mol. The van der Waals surface area contributed by atoms with Crippen LogP contribution in [0.1, 0.15) is 43.1 Å². The summed E-state index contributed by atoms with van der Waals surface area (Å²) >= 11 is 0. The van der Waals surface area contributed by atoms with E-state index in [1.54, 1.807) is 16.5 Å². The Balaban J connectivity index is 2.10. The number of nitrogens with one attached hydrogen (secondary N) is 1. The van der Waals surface area contributed by atoms with E-state index in [0.29, 0.717) is 5.52 Å². The fraction of sp³-hybridized carbons (Fsp3) is 0.421. The number of benzene rings is 1. The van der Waals surface area contributed by atoms with Gasteiger partial charge in [0.2, 0.25) is 11.3 Å². The summed E-state index contributed by atoms with van der Waals surface area (Å²) in [4.78, 5) is 38.4. The summed E-state index contributed by atoms with van der Waals surface area (Å²) in [6, 6.07) is 0.585. The van der Waals surface area contributed by atoms with Crippen molar-refractivity contribution in [3.05, 3.63) is 33.9 Å². The van der Waals surface area contributed by atoms with Gasteiger partial charge in [-0.15, -0.1) is 0 Å². The standard InChI is InChI=1S/C19H20FN3O4/c1-8(2)14-18(25)21-13-15-10(6-12(20)16(13)22(14)3)17(24)11(19(26)27)7-23(15)9-4-5-9/h6-9,14H,4-5H2,1-3H3,(H,21,25)(H,26,27). The van der Waals surface area contributed by atoms with E-state index in [1.165, 1.54) is 6.20 Å². The molecule has 2 heterocycles. The van der Waals surface area contributed by atoms with Crippen LogP contribution in [-0.4, -0.2) is 34.6 Å². The fourth-order valence-corrected chi connectivity index (χ4v) is 4.00. The number of carbonyl (C=O) groups is 2. The minimum Gasteiger partial charge on any atom is -0.477 e. The number of carboxylic acid groups (broad SMARTS) is 1. The van der Waals surface area contributed by atoms with Crippen molar-refractivity contribution in [2.24, 2.45) is 5.92 Å². The second-order valence-electron chi connectivity index (χ2n) is 7.58. The zero-order valence-corrected chi connectivity index (χ0v) is 15.2. The fourth-order valence-electron chi connectivity index (χ4n) is 4.00. The maximum atomic E-state index is 15.0. The first kappa shape index (κ1) is 17.5. The Labute approximate surface area is 154 Å². The summed E-state index contributed by atoms with van der Waals surface area (Å²) < 4.78 is 16.7. The van der Waals surface area contributed by atoms with Gasteiger partial charge in [-0.05, 0) is 24.8 Å². The molecule has 1 aliphatic carbocycles. The Morgan fingerprint density at radius 2 is 2.00 bits per heavy atom. The Morgan fingerprint density at radius 1 is 1.33 bits per heavy atom. The lowest BCUT2D eigenvalue weighted by Gasteiger charge is -2.38. The number of nitrogens with zero attached hydrogens (tertiary/aromatic N) is 2. The number of carboxylic acids is 1. The van der Waals surface area contributed by atoms with E-state index >= 15 is 0 Å². The van der Waals surface area contributed by atoms with Crippen molar-refractivity contribution >= 4 is 34.2 Å². The summed E-state index contributed by atoms with van der Waals surface area (Å²) in [6.07, 6.45) is 2.98. The van der Waals surface area contributed by atoms with Gasteiger partial charge in [-0.25, -0.2) is 9.18 Å². The van der Waals surface area contributed by atoms with E-state index in [4.69, 9.17) is 0 Å². The first-order valence-electron chi connectivity index (χ1n) is 8.90. The molecule has 1 atom stereocenters. The average Bonchev–Trinajstić information content (AvgIpc) is 3.39. The van der Waals surface area contributed by atoms with Gasteiger partial charge in [0, 0.05) is 19.3 Å². The number of aromatic nitrogens is 1. The molecule has 1 aromatic carbocycles. The summed E-state index contributed by atoms with van der Waals surface area (Å²) in [5.41, 5.74) is -0.317. The highest BCUT2D eigenvalue weighted by molar-refractivity contribution is 6.12. The summed E-state index contributed by atoms with van der Waals surface area (Å²) in [6.45, 7) is 3.76. The highest BCUT2D eigenvalue weighted by atomic mass is 19.1. The Morgan fingerprint density at radius 3 is 2.56 bits per heavy atom. The van der Waals surface area contributed by atoms with Crippen molar-refractivity contribution in [3.63, 3.8) is 0 Å². The molecule has 0 spiro atoms. The number of hydrogen-bond donors (Lipinski definition) is 2. The second-order valence-corrected chi connectivity index (χ2v) is 7.58. The number of carbonyl (C=O) groups excluding carboxylic acids is 1. The van der Waals surface area contributed by atoms with Crippen LogP contribution in [0, 0.1) is 11.7 Å². The third-order valence-corrected chi connectivity index (χ3v) is 5.33. The number of pyridine rings is 1. The molecule has 0 saturated heterocycles.